The van der Waals surface area contributed by atoms with Gasteiger partial charge in [-0.25, -0.2) is 17.9 Å². The van der Waals surface area contributed by atoms with E-state index in [0.717, 1.165) is 61.3 Å². The minimum absolute atomic E-state index is 0.240. The van der Waals surface area contributed by atoms with Crippen LogP contribution in [0.1, 0.15) is 61.5 Å². The number of likely N-dealkylation sites (tertiary alicyclic amines) is 1. The van der Waals surface area contributed by atoms with Gasteiger partial charge >= 0.3 is 0 Å². The van der Waals surface area contributed by atoms with Crippen LogP contribution in [-0.2, 0) is 14.8 Å². The molecule has 0 aliphatic carbocycles. The van der Waals surface area contributed by atoms with E-state index in [1.807, 2.05) is 30.5 Å². The minimum atomic E-state index is -3.61. The molecule has 2 saturated heterocycles. The van der Waals surface area contributed by atoms with Crippen LogP contribution in [0.5, 0.6) is 0 Å². The normalized spacial score (nSPS) is 21.8. The van der Waals surface area contributed by atoms with Crippen molar-refractivity contribution in [2.45, 2.75) is 51.6 Å². The number of hydrogen-bond donors (Lipinski definition) is 1. The zero-order valence-electron chi connectivity index (χ0n) is 21.1. The van der Waals surface area contributed by atoms with E-state index in [1.165, 1.54) is 6.42 Å². The van der Waals surface area contributed by atoms with E-state index in [1.54, 1.807) is 21.5 Å². The van der Waals surface area contributed by atoms with E-state index in [-0.39, 0.29) is 11.9 Å². The fourth-order valence-electron chi connectivity index (χ4n) is 5.42. The summed E-state index contributed by atoms with van der Waals surface area (Å²) in [5, 5.41) is 4.82. The maximum absolute atomic E-state index is 13.8. The van der Waals surface area contributed by atoms with Crippen LogP contribution in [0.2, 0.25) is 0 Å². The van der Waals surface area contributed by atoms with Gasteiger partial charge in [0.15, 0.2) is 5.65 Å². The Labute approximate surface area is 212 Å². The first-order chi connectivity index (χ1) is 17.2. The molecule has 9 nitrogen and oxygen atoms in total. The lowest BCUT2D eigenvalue weighted by Crippen LogP contribution is -2.46. The summed E-state index contributed by atoms with van der Waals surface area (Å²) in [6, 6.07) is 9.76. The number of carbonyl (C=O) groups is 1. The van der Waals surface area contributed by atoms with Crippen LogP contribution in [-0.4, -0.2) is 59.7 Å². The Morgan fingerprint density at radius 2 is 1.92 bits per heavy atom. The fourth-order valence-corrected chi connectivity index (χ4v) is 6.08. The standard InChI is InChI=1S/C26H34N6O3S/c1-18-12-14-30(16-18)25-19(2)17-32-23(27-25)15-21(28-32)22-11-7-8-13-31(22)26(33)24(29-36(3,34)35)20-9-5-4-6-10-20/h4-6,9-10,15,17-18,22,24,29H,7-8,11-14,16H2,1-3H3/t18-,22-,24?/m0/s1. The van der Waals surface area contributed by atoms with Gasteiger partial charge in [0.25, 0.3) is 0 Å². The van der Waals surface area contributed by atoms with Crippen LogP contribution in [0.25, 0.3) is 5.65 Å². The van der Waals surface area contributed by atoms with Gasteiger partial charge in [-0.3, -0.25) is 4.79 Å². The van der Waals surface area contributed by atoms with Gasteiger partial charge in [0.05, 0.1) is 18.0 Å². The van der Waals surface area contributed by atoms with Gasteiger partial charge < -0.3 is 9.80 Å². The van der Waals surface area contributed by atoms with Crippen molar-refractivity contribution in [3.05, 3.63) is 59.4 Å². The summed E-state index contributed by atoms with van der Waals surface area (Å²) >= 11 is 0. The Kier molecular flexibility index (Phi) is 6.74. The average Bonchev–Trinajstić information content (AvgIpc) is 3.47. The predicted molar refractivity (Wildman–Crippen MR) is 139 cm³/mol. The predicted octanol–water partition coefficient (Wildman–Crippen LogP) is 3.23. The lowest BCUT2D eigenvalue weighted by molar-refractivity contribution is -0.137. The number of fused-ring (bicyclic) bond motifs is 1. The SMILES string of the molecule is Cc1cn2nc([C@@H]3CCCCN3C(=O)C(NS(C)(=O)=O)c3ccccc3)cc2nc1N1CC[C@H](C)C1. The Bertz CT molecular complexity index is 1360. The third kappa shape index (κ3) is 5.10. The van der Waals surface area contributed by atoms with Crippen molar-refractivity contribution in [3.8, 4) is 0 Å². The zero-order valence-corrected chi connectivity index (χ0v) is 21.9. The molecule has 0 radical (unpaired) electrons. The highest BCUT2D eigenvalue weighted by atomic mass is 32.2. The lowest BCUT2D eigenvalue weighted by Gasteiger charge is -2.37. The lowest BCUT2D eigenvalue weighted by atomic mass is 9.97. The Balaban J connectivity index is 1.47. The second-order valence-corrected chi connectivity index (χ2v) is 12.0. The average molecular weight is 511 g/mol. The Morgan fingerprint density at radius 1 is 1.14 bits per heavy atom. The highest BCUT2D eigenvalue weighted by Gasteiger charge is 2.36. The summed E-state index contributed by atoms with van der Waals surface area (Å²) in [5.41, 5.74) is 3.24. The maximum atomic E-state index is 13.8. The highest BCUT2D eigenvalue weighted by molar-refractivity contribution is 7.88. The monoisotopic (exact) mass is 510 g/mol. The quantitative estimate of drug-likeness (QED) is 0.547. The third-order valence-corrected chi connectivity index (χ3v) is 7.85. The van der Waals surface area contributed by atoms with Gasteiger partial charge in [-0.05, 0) is 44.1 Å². The number of rotatable bonds is 6. The molecule has 0 saturated carbocycles. The number of aryl methyl sites for hydroxylation is 1. The molecule has 1 unspecified atom stereocenters. The summed E-state index contributed by atoms with van der Waals surface area (Å²) < 4.78 is 28.7. The number of benzene rings is 1. The number of piperidine rings is 1. The first-order valence-corrected chi connectivity index (χ1v) is 14.5. The minimum Gasteiger partial charge on any atom is -0.356 e. The van der Waals surface area contributed by atoms with Crippen molar-refractivity contribution in [2.75, 3.05) is 30.8 Å². The van der Waals surface area contributed by atoms with Gasteiger partial charge in [0.2, 0.25) is 15.9 Å². The van der Waals surface area contributed by atoms with Gasteiger partial charge in [0, 0.05) is 37.5 Å². The molecule has 2 aliphatic heterocycles. The summed E-state index contributed by atoms with van der Waals surface area (Å²) in [5.74, 6) is 1.39. The number of hydrogen-bond acceptors (Lipinski definition) is 6. The van der Waals surface area contributed by atoms with Crippen LogP contribution in [0.3, 0.4) is 0 Å². The number of nitrogens with one attached hydrogen (secondary N) is 1. The van der Waals surface area contributed by atoms with E-state index in [0.29, 0.717) is 18.0 Å². The molecule has 3 atom stereocenters. The maximum Gasteiger partial charge on any atom is 0.245 e. The van der Waals surface area contributed by atoms with Crippen LogP contribution < -0.4 is 9.62 Å². The number of aromatic nitrogens is 3. The van der Waals surface area contributed by atoms with Crippen molar-refractivity contribution in [1.82, 2.24) is 24.2 Å². The van der Waals surface area contributed by atoms with Crippen LogP contribution in [0.4, 0.5) is 5.82 Å². The topological polar surface area (TPSA) is 99.9 Å². The molecule has 192 valence electrons. The fraction of sp³-hybridized carbons (Fsp3) is 0.500. The number of nitrogens with zero attached hydrogens (tertiary/aromatic N) is 5. The van der Waals surface area contributed by atoms with E-state index in [2.05, 4.69) is 23.5 Å². The molecule has 1 amide bonds. The van der Waals surface area contributed by atoms with Crippen molar-refractivity contribution in [2.24, 2.45) is 5.92 Å². The second-order valence-electron chi connectivity index (χ2n) is 10.2. The number of amides is 1. The molecule has 2 aromatic heterocycles. The van der Waals surface area contributed by atoms with E-state index < -0.39 is 16.1 Å². The van der Waals surface area contributed by atoms with Gasteiger partial charge in [-0.1, -0.05) is 37.3 Å². The summed E-state index contributed by atoms with van der Waals surface area (Å²) in [6.07, 6.45) is 6.87. The molecule has 2 fully saturated rings. The van der Waals surface area contributed by atoms with E-state index in [4.69, 9.17) is 10.1 Å². The zero-order chi connectivity index (χ0) is 25.4. The third-order valence-electron chi connectivity index (χ3n) is 7.19. The molecule has 4 heterocycles. The van der Waals surface area contributed by atoms with Crippen LogP contribution >= 0.6 is 0 Å². The van der Waals surface area contributed by atoms with Gasteiger partial charge in [-0.2, -0.15) is 9.82 Å². The number of carbonyl (C=O) groups excluding carboxylic acids is 1. The van der Waals surface area contributed by atoms with Crippen LogP contribution in [0.15, 0.2) is 42.6 Å². The molecule has 10 heteroatoms. The molecule has 1 aromatic carbocycles. The first kappa shape index (κ1) is 24.7. The van der Waals surface area contributed by atoms with Crippen molar-refractivity contribution in [1.29, 1.82) is 0 Å². The van der Waals surface area contributed by atoms with Crippen molar-refractivity contribution >= 4 is 27.4 Å². The van der Waals surface area contributed by atoms with E-state index >= 15 is 0 Å². The molecule has 0 bridgehead atoms. The van der Waals surface area contributed by atoms with Crippen molar-refractivity contribution < 1.29 is 13.2 Å². The molecular formula is C26H34N6O3S. The van der Waals surface area contributed by atoms with Gasteiger partial charge in [-0.15, -0.1) is 0 Å². The molecule has 36 heavy (non-hydrogen) atoms. The molecule has 2 aliphatic rings. The number of anilines is 1. The number of sulfonamides is 1. The molecule has 5 rings (SSSR count). The van der Waals surface area contributed by atoms with Crippen LogP contribution in [0, 0.1) is 12.8 Å². The Hall–Kier alpha value is -2.98. The van der Waals surface area contributed by atoms with Crippen molar-refractivity contribution in [3.63, 3.8) is 0 Å². The highest BCUT2D eigenvalue weighted by Crippen LogP contribution is 2.34. The summed E-state index contributed by atoms with van der Waals surface area (Å²) in [7, 11) is -3.61. The summed E-state index contributed by atoms with van der Waals surface area (Å²) in [4.78, 5) is 22.9. The molecular weight excluding hydrogens is 476 g/mol. The molecule has 1 N–H and O–H groups in total. The largest absolute Gasteiger partial charge is 0.356 e. The van der Waals surface area contributed by atoms with E-state index in [9.17, 15) is 13.2 Å². The Morgan fingerprint density at radius 3 is 2.61 bits per heavy atom. The van der Waals surface area contributed by atoms with Gasteiger partial charge in [0.1, 0.15) is 11.9 Å². The first-order valence-electron chi connectivity index (χ1n) is 12.6. The molecule has 3 aromatic rings. The second kappa shape index (κ2) is 9.82. The smallest absolute Gasteiger partial charge is 0.245 e. The summed E-state index contributed by atoms with van der Waals surface area (Å²) in [6.45, 7) is 6.88. The molecule has 0 spiro atoms.